The van der Waals surface area contributed by atoms with Crippen molar-refractivity contribution < 1.29 is 38.6 Å². The fourth-order valence-corrected chi connectivity index (χ4v) is 3.78. The average Bonchev–Trinajstić information content (AvgIpc) is 3.04. The van der Waals surface area contributed by atoms with E-state index >= 15 is 0 Å². The van der Waals surface area contributed by atoms with E-state index in [0.29, 0.717) is 35.2 Å². The highest BCUT2D eigenvalue weighted by molar-refractivity contribution is 5.68. The van der Waals surface area contributed by atoms with Crippen molar-refractivity contribution >= 4 is 0 Å². The van der Waals surface area contributed by atoms with Crippen LogP contribution in [-0.2, 0) is 0 Å². The number of hydrogen-bond acceptors (Lipinski definition) is 8. The topological polar surface area (TPSA) is 95.8 Å². The van der Waals surface area contributed by atoms with Crippen LogP contribution in [0.2, 0.25) is 0 Å². The molecule has 2 N–H and O–H groups in total. The average molecular weight is 376 g/mol. The lowest BCUT2D eigenvalue weighted by atomic mass is 9.88. The summed E-state index contributed by atoms with van der Waals surface area (Å²) in [6, 6.07) is 3.14. The van der Waals surface area contributed by atoms with Crippen LogP contribution >= 0.6 is 0 Å². The highest BCUT2D eigenvalue weighted by atomic mass is 16.6. The van der Waals surface area contributed by atoms with Crippen LogP contribution in [0.15, 0.2) is 12.1 Å². The van der Waals surface area contributed by atoms with E-state index in [1.807, 2.05) is 0 Å². The number of phenolic OH excluding ortho intramolecular Hbond substituents is 2. The normalized spacial score (nSPS) is 19.1. The lowest BCUT2D eigenvalue weighted by Crippen LogP contribution is -2.23. The Labute approximate surface area is 155 Å². The van der Waals surface area contributed by atoms with Crippen molar-refractivity contribution in [3.05, 3.63) is 23.3 Å². The van der Waals surface area contributed by atoms with Gasteiger partial charge in [0.1, 0.15) is 6.10 Å². The minimum atomic E-state index is -0.449. The summed E-state index contributed by atoms with van der Waals surface area (Å²) in [6.45, 7) is 0.296. The highest BCUT2D eigenvalue weighted by Crippen LogP contribution is 2.61. The lowest BCUT2D eigenvalue weighted by molar-refractivity contribution is 0.132. The molecule has 2 atom stereocenters. The van der Waals surface area contributed by atoms with Gasteiger partial charge in [0.25, 0.3) is 0 Å². The number of ether oxygens (including phenoxy) is 6. The molecule has 0 bridgehead atoms. The maximum atomic E-state index is 10.3. The molecule has 2 aliphatic rings. The zero-order valence-corrected chi connectivity index (χ0v) is 15.4. The summed E-state index contributed by atoms with van der Waals surface area (Å²) in [6.07, 6.45) is -0.449. The Bertz CT molecular complexity index is 908. The SMILES string of the molecule is COc1c(O)cc2c(c1OC)OC1c3cc(O)c(OC)c(OC)c3OCC21. The molecule has 2 unspecified atom stereocenters. The van der Waals surface area contributed by atoms with Gasteiger partial charge in [0, 0.05) is 11.1 Å². The molecule has 2 aromatic carbocycles. The molecule has 2 heterocycles. The molecule has 0 fully saturated rings. The third kappa shape index (κ3) is 2.29. The van der Waals surface area contributed by atoms with Gasteiger partial charge in [-0.1, -0.05) is 0 Å². The molecule has 0 amide bonds. The molecule has 0 saturated carbocycles. The second-order valence-corrected chi connectivity index (χ2v) is 6.22. The molecule has 2 aromatic rings. The molecule has 0 aromatic heterocycles. The smallest absolute Gasteiger partial charge is 0.207 e. The summed E-state index contributed by atoms with van der Waals surface area (Å²) in [5.74, 6) is 1.63. The molecule has 0 spiro atoms. The molecule has 4 rings (SSSR count). The van der Waals surface area contributed by atoms with Gasteiger partial charge in [-0.3, -0.25) is 0 Å². The van der Waals surface area contributed by atoms with Gasteiger partial charge in [-0.25, -0.2) is 0 Å². The number of benzene rings is 2. The van der Waals surface area contributed by atoms with Crippen LogP contribution in [0.4, 0.5) is 0 Å². The van der Waals surface area contributed by atoms with Crippen LogP contribution in [0.1, 0.15) is 23.1 Å². The number of phenols is 2. The summed E-state index contributed by atoms with van der Waals surface area (Å²) in [5.41, 5.74) is 1.37. The largest absolute Gasteiger partial charge is 0.504 e. The monoisotopic (exact) mass is 376 g/mol. The van der Waals surface area contributed by atoms with Gasteiger partial charge in [-0.15, -0.1) is 0 Å². The van der Waals surface area contributed by atoms with E-state index in [0.717, 1.165) is 5.56 Å². The summed E-state index contributed by atoms with van der Waals surface area (Å²) >= 11 is 0. The van der Waals surface area contributed by atoms with Crippen molar-refractivity contribution in [1.82, 2.24) is 0 Å². The van der Waals surface area contributed by atoms with Crippen LogP contribution in [0, 0.1) is 0 Å². The maximum absolute atomic E-state index is 10.3. The second-order valence-electron chi connectivity index (χ2n) is 6.22. The third-order valence-electron chi connectivity index (χ3n) is 4.94. The van der Waals surface area contributed by atoms with E-state index in [1.54, 1.807) is 12.1 Å². The molecule has 144 valence electrons. The van der Waals surface area contributed by atoms with Crippen LogP contribution in [-0.4, -0.2) is 45.3 Å². The fourth-order valence-electron chi connectivity index (χ4n) is 3.78. The number of aromatic hydroxyl groups is 2. The first-order valence-electron chi connectivity index (χ1n) is 8.30. The van der Waals surface area contributed by atoms with Gasteiger partial charge in [-0.05, 0) is 12.1 Å². The highest BCUT2D eigenvalue weighted by Gasteiger charge is 2.45. The van der Waals surface area contributed by atoms with E-state index < -0.39 is 6.10 Å². The van der Waals surface area contributed by atoms with E-state index in [-0.39, 0.29) is 28.9 Å². The van der Waals surface area contributed by atoms with Crippen molar-refractivity contribution in [3.8, 4) is 46.0 Å². The van der Waals surface area contributed by atoms with E-state index in [2.05, 4.69) is 0 Å². The molecule has 0 aliphatic carbocycles. The number of fused-ring (bicyclic) bond motifs is 5. The summed E-state index contributed by atoms with van der Waals surface area (Å²) in [4.78, 5) is 0. The van der Waals surface area contributed by atoms with Gasteiger partial charge < -0.3 is 38.6 Å². The van der Waals surface area contributed by atoms with Crippen molar-refractivity contribution in [2.24, 2.45) is 0 Å². The van der Waals surface area contributed by atoms with E-state index in [9.17, 15) is 10.2 Å². The molecule has 8 nitrogen and oxygen atoms in total. The van der Waals surface area contributed by atoms with Crippen molar-refractivity contribution in [2.45, 2.75) is 12.0 Å². The van der Waals surface area contributed by atoms with Crippen LogP contribution in [0.5, 0.6) is 46.0 Å². The molecule has 27 heavy (non-hydrogen) atoms. The van der Waals surface area contributed by atoms with Crippen LogP contribution < -0.4 is 28.4 Å². The summed E-state index contributed by atoms with van der Waals surface area (Å²) in [5, 5.41) is 20.6. The minimum Gasteiger partial charge on any atom is -0.504 e. The zero-order valence-electron chi connectivity index (χ0n) is 15.4. The standard InChI is InChI=1S/C19H20O8/c1-22-16-12(21)6-9-13-10(7-26-14(9)18(16)24-3)8-5-11(20)17(23-2)19(25-4)15(8)27-13/h5-6,10,13,20-21H,7H2,1-4H3. The van der Waals surface area contributed by atoms with Crippen molar-refractivity contribution in [3.63, 3.8) is 0 Å². The Morgan fingerprint density at radius 2 is 1.30 bits per heavy atom. The first-order valence-corrected chi connectivity index (χ1v) is 8.30. The quantitative estimate of drug-likeness (QED) is 0.841. The lowest BCUT2D eigenvalue weighted by Gasteiger charge is -2.29. The third-order valence-corrected chi connectivity index (χ3v) is 4.94. The van der Waals surface area contributed by atoms with Crippen LogP contribution in [0.25, 0.3) is 0 Å². The fraction of sp³-hybridized carbons (Fsp3) is 0.368. The van der Waals surface area contributed by atoms with Gasteiger partial charge in [-0.2, -0.15) is 0 Å². The second kappa shape index (κ2) is 6.22. The molecule has 0 radical (unpaired) electrons. The summed E-state index contributed by atoms with van der Waals surface area (Å²) in [7, 11) is 5.84. The van der Waals surface area contributed by atoms with Crippen LogP contribution in [0.3, 0.4) is 0 Å². The first-order chi connectivity index (χ1) is 13.0. The van der Waals surface area contributed by atoms with E-state index in [4.69, 9.17) is 28.4 Å². The van der Waals surface area contributed by atoms with Crippen molar-refractivity contribution in [2.75, 3.05) is 35.0 Å². The minimum absolute atomic E-state index is 0.0432. The molecular weight excluding hydrogens is 356 g/mol. The number of methoxy groups -OCH3 is 4. The Morgan fingerprint density at radius 3 is 1.85 bits per heavy atom. The predicted molar refractivity (Wildman–Crippen MR) is 94.0 cm³/mol. The maximum Gasteiger partial charge on any atom is 0.207 e. The van der Waals surface area contributed by atoms with E-state index in [1.165, 1.54) is 28.4 Å². The Hall–Kier alpha value is -3.16. The first kappa shape index (κ1) is 17.3. The molecule has 2 aliphatic heterocycles. The van der Waals surface area contributed by atoms with Gasteiger partial charge in [0.2, 0.25) is 23.0 Å². The van der Waals surface area contributed by atoms with Gasteiger partial charge in [0.15, 0.2) is 23.0 Å². The Balaban J connectivity index is 1.87. The summed E-state index contributed by atoms with van der Waals surface area (Å²) < 4.78 is 33.4. The molecular formula is C19H20O8. The Morgan fingerprint density at radius 1 is 0.778 bits per heavy atom. The molecule has 8 heteroatoms. The van der Waals surface area contributed by atoms with Crippen molar-refractivity contribution in [1.29, 1.82) is 0 Å². The van der Waals surface area contributed by atoms with Gasteiger partial charge in [0.05, 0.1) is 41.0 Å². The Kier molecular flexibility index (Phi) is 3.98. The molecule has 0 saturated heterocycles. The zero-order chi connectivity index (χ0) is 19.3. The van der Waals surface area contributed by atoms with Gasteiger partial charge >= 0.3 is 0 Å². The predicted octanol–water partition coefficient (Wildman–Crippen LogP) is 2.74. The number of rotatable bonds is 4. The number of hydrogen-bond donors (Lipinski definition) is 2.